The summed E-state index contributed by atoms with van der Waals surface area (Å²) in [6.07, 6.45) is 13.2. The molecular formula is C76H80O17. The second-order valence-electron chi connectivity index (χ2n) is 28.8. The minimum Gasteiger partial charge on any atom is -0.497 e. The number of fused-ring (bicyclic) bond motifs is 12. The van der Waals surface area contributed by atoms with Crippen molar-refractivity contribution in [1.29, 1.82) is 0 Å². The van der Waals surface area contributed by atoms with Crippen LogP contribution in [0.1, 0.15) is 124 Å². The largest absolute Gasteiger partial charge is 0.497 e. The molecule has 8 saturated carbocycles. The number of rotatable bonds is 8. The highest BCUT2D eigenvalue weighted by Crippen LogP contribution is 2.63. The quantitative estimate of drug-likeness (QED) is 0.132. The predicted octanol–water partition coefficient (Wildman–Crippen LogP) is 13.9. The van der Waals surface area contributed by atoms with Crippen LogP contribution < -0.4 is 28.4 Å². The summed E-state index contributed by atoms with van der Waals surface area (Å²) in [4.78, 5) is 27.3. The third-order valence-corrected chi connectivity index (χ3v) is 23.0. The van der Waals surface area contributed by atoms with Crippen LogP contribution in [-0.4, -0.2) is 95.3 Å². The molecule has 7 aliphatic heterocycles. The highest BCUT2D eigenvalue weighted by Gasteiger charge is 2.63. The molecule has 8 bridgehead atoms. The maximum atomic E-state index is 13.7. The zero-order valence-electron chi connectivity index (χ0n) is 53.4. The fourth-order valence-corrected chi connectivity index (χ4v) is 18.9. The first-order chi connectivity index (χ1) is 45.2. The van der Waals surface area contributed by atoms with Gasteiger partial charge in [-0.3, -0.25) is 0 Å². The second-order valence-corrected chi connectivity index (χ2v) is 28.8. The van der Waals surface area contributed by atoms with Gasteiger partial charge in [0.15, 0.2) is 11.7 Å². The minimum atomic E-state index is -1.27. The monoisotopic (exact) mass is 1260 g/mol. The Morgan fingerprint density at radius 1 is 0.462 bits per heavy atom. The lowest BCUT2D eigenvalue weighted by Crippen LogP contribution is -2.58. The number of carbonyl (C=O) groups excluding carboxylic acids is 2. The molecule has 8 aliphatic carbocycles. The van der Waals surface area contributed by atoms with Gasteiger partial charge in [0, 0.05) is 12.5 Å². The van der Waals surface area contributed by atoms with Crippen LogP contribution in [0, 0.1) is 47.3 Å². The van der Waals surface area contributed by atoms with Crippen molar-refractivity contribution >= 4 is 11.9 Å². The van der Waals surface area contributed by atoms with Crippen LogP contribution in [-0.2, 0) is 69.6 Å². The van der Waals surface area contributed by atoms with Gasteiger partial charge in [-0.25, -0.2) is 9.59 Å². The number of para-hydroxylation sites is 3. The van der Waals surface area contributed by atoms with Crippen molar-refractivity contribution in [3.05, 3.63) is 161 Å². The summed E-state index contributed by atoms with van der Waals surface area (Å²) < 4.78 is 91.9. The molecule has 0 amide bonds. The van der Waals surface area contributed by atoms with Gasteiger partial charge in [0.2, 0.25) is 17.4 Å². The van der Waals surface area contributed by atoms with Gasteiger partial charge in [-0.2, -0.15) is 0 Å². The number of methoxy groups -OCH3 is 3. The summed E-state index contributed by atoms with van der Waals surface area (Å²) in [6.45, 7) is 6.24. The molecule has 6 aromatic carbocycles. The number of esters is 2. The van der Waals surface area contributed by atoms with E-state index in [2.05, 4.69) is 6.92 Å². The molecule has 7 atom stereocenters. The lowest BCUT2D eigenvalue weighted by Gasteiger charge is -2.59. The van der Waals surface area contributed by atoms with Gasteiger partial charge in [0.1, 0.15) is 62.9 Å². The molecule has 486 valence electrons. The van der Waals surface area contributed by atoms with Gasteiger partial charge in [-0.15, -0.1) is 0 Å². The molecule has 0 aromatic heterocycles. The fraction of sp³-hybridized carbons (Fsp3) is 0.500. The zero-order valence-corrected chi connectivity index (χ0v) is 53.4. The number of carbonyl (C=O) groups is 2. The van der Waals surface area contributed by atoms with E-state index in [0.717, 1.165) is 90.2 Å². The van der Waals surface area contributed by atoms with Crippen molar-refractivity contribution in [3.8, 4) is 51.7 Å². The smallest absolute Gasteiger partial charge is 0.341 e. The van der Waals surface area contributed by atoms with Crippen molar-refractivity contribution in [1.82, 2.24) is 0 Å². The fourth-order valence-electron chi connectivity index (χ4n) is 18.9. The van der Waals surface area contributed by atoms with Gasteiger partial charge in [0.25, 0.3) is 0 Å². The van der Waals surface area contributed by atoms with Crippen LogP contribution in [0.3, 0.4) is 0 Å². The summed E-state index contributed by atoms with van der Waals surface area (Å²) in [5.41, 5.74) is 2.66. The minimum absolute atomic E-state index is 0.00714. The third-order valence-electron chi connectivity index (χ3n) is 23.0. The lowest BCUT2D eigenvalue weighted by atomic mass is 9.50. The van der Waals surface area contributed by atoms with Crippen LogP contribution in [0.2, 0.25) is 0 Å². The van der Waals surface area contributed by atoms with Crippen molar-refractivity contribution in [3.63, 3.8) is 0 Å². The Morgan fingerprint density at radius 2 is 0.914 bits per heavy atom. The van der Waals surface area contributed by atoms with Crippen molar-refractivity contribution in [2.75, 3.05) is 54.4 Å². The predicted molar refractivity (Wildman–Crippen MR) is 335 cm³/mol. The normalized spacial score (nSPS) is 36.4. The van der Waals surface area contributed by atoms with Crippen molar-refractivity contribution in [2.45, 2.75) is 137 Å². The highest BCUT2D eigenvalue weighted by molar-refractivity contribution is 5.81. The summed E-state index contributed by atoms with van der Waals surface area (Å²) in [7, 11) is 4.89. The van der Waals surface area contributed by atoms with E-state index >= 15 is 0 Å². The maximum absolute atomic E-state index is 13.7. The van der Waals surface area contributed by atoms with Crippen molar-refractivity contribution in [2.24, 2.45) is 47.3 Å². The summed E-state index contributed by atoms with van der Waals surface area (Å²) in [5, 5.41) is 0. The van der Waals surface area contributed by atoms with Crippen LogP contribution in [0.15, 0.2) is 127 Å². The Hall–Kier alpha value is -7.22. The molecule has 17 heteroatoms. The second kappa shape index (κ2) is 22.5. The van der Waals surface area contributed by atoms with Gasteiger partial charge < -0.3 is 71.1 Å². The Kier molecular flexibility index (Phi) is 14.4. The molecule has 3 spiro atoms. The molecule has 17 nitrogen and oxygen atoms in total. The van der Waals surface area contributed by atoms with Crippen LogP contribution >= 0.6 is 0 Å². The summed E-state index contributed by atoms with van der Waals surface area (Å²) in [5.74, 6) is 7.03. The maximum Gasteiger partial charge on any atom is 0.341 e. The molecule has 93 heavy (non-hydrogen) atoms. The Morgan fingerprint density at radius 3 is 1.41 bits per heavy atom. The van der Waals surface area contributed by atoms with E-state index in [-0.39, 0.29) is 36.9 Å². The standard InChI is InChI=1S/2C28H30O6.C20H20O5/c1-26(25(29)33-27-13-17-9-18(14-27)11-19(10-17)15-27)16-31-28(34-26)21-5-3-4-6-23(21)32-24-8-7-20(30-2)12-22(24)28;1-27(18-10-16-9-17(12-18)13-19(27)11-16)34-26(29)25-15-31-28(33-25)21-5-3-4-6-23(21)32-24-8-7-20(30-2)14-22(24)28;1-21-14-6-7-18-16(10-14)20(15-4-2-3-5-17(15)24-18)23-12-19(25-20)13-8-9-22-11-13/h3-8,12,17-19H,9-11,13-16H2,1-2H3;3-8,14,16-19,25H,9-13,15H2,1-2H3;2-7,10,13,19H,8-9,11-12H2,1H3. The van der Waals surface area contributed by atoms with Crippen LogP contribution in [0.4, 0.5) is 0 Å². The first-order valence-corrected chi connectivity index (χ1v) is 33.6. The molecular weight excluding hydrogens is 1180 g/mol. The average molecular weight is 1270 g/mol. The van der Waals surface area contributed by atoms with Crippen molar-refractivity contribution < 1.29 is 80.6 Å². The number of hydrogen-bond donors (Lipinski definition) is 0. The van der Waals surface area contributed by atoms with Gasteiger partial charge in [-0.1, -0.05) is 36.4 Å². The first kappa shape index (κ1) is 59.5. The summed E-state index contributed by atoms with van der Waals surface area (Å²) in [6, 6.07) is 40.0. The van der Waals surface area contributed by atoms with E-state index in [9.17, 15) is 9.59 Å². The summed E-state index contributed by atoms with van der Waals surface area (Å²) >= 11 is 0. The molecule has 0 radical (unpaired) electrons. The lowest BCUT2D eigenvalue weighted by molar-refractivity contribution is -0.216. The van der Waals surface area contributed by atoms with Crippen LogP contribution in [0.25, 0.3) is 0 Å². The van der Waals surface area contributed by atoms with Gasteiger partial charge in [-0.05, 0) is 223 Å². The van der Waals surface area contributed by atoms with E-state index in [1.54, 1.807) is 28.3 Å². The Labute approximate surface area is 541 Å². The van der Waals surface area contributed by atoms with E-state index in [4.69, 9.17) is 71.1 Å². The molecule has 4 saturated heterocycles. The third kappa shape index (κ3) is 9.78. The number of ether oxygens (including phenoxy) is 15. The zero-order chi connectivity index (χ0) is 63.1. The molecule has 15 aliphatic rings. The highest BCUT2D eigenvalue weighted by atomic mass is 16.8. The molecule has 7 heterocycles. The van der Waals surface area contributed by atoms with E-state index in [1.165, 1.54) is 51.4 Å². The topological polar surface area (TPSA) is 173 Å². The SMILES string of the molecule is COc1ccc2c(c1)C1(OCC(C(=O)OC3(C)C4CC5CC(C4)CC3C5)O1)c1ccccc1O2.COc1ccc2c(c1)C1(OCC(C)(C(=O)OC34CC5CC(CC(C5)C3)C4)O1)c1ccccc1O2.COc1ccc2c(c1)C1(OCC(C3CCOC3)O1)c1ccccc1O2. The Balaban J connectivity index is 0.000000108. The van der Waals surface area contributed by atoms with Crippen LogP contribution in [0.5, 0.6) is 51.7 Å². The molecule has 6 aromatic rings. The van der Waals surface area contributed by atoms with E-state index in [1.807, 2.05) is 127 Å². The molecule has 7 unspecified atom stereocenters. The number of hydrogen-bond acceptors (Lipinski definition) is 17. The average Bonchev–Trinajstić information content (AvgIpc) is 1.59. The van der Waals surface area contributed by atoms with Gasteiger partial charge >= 0.3 is 11.9 Å². The van der Waals surface area contributed by atoms with E-state index in [0.29, 0.717) is 87.7 Å². The Bertz CT molecular complexity index is 3850. The molecule has 12 fully saturated rings. The van der Waals surface area contributed by atoms with Gasteiger partial charge in [0.05, 0.1) is 87.2 Å². The van der Waals surface area contributed by atoms with E-state index < -0.39 is 34.7 Å². The molecule has 0 N–H and O–H groups in total. The first-order valence-electron chi connectivity index (χ1n) is 33.6. The number of benzene rings is 6. The molecule has 21 rings (SSSR count).